The topological polar surface area (TPSA) is 68.8 Å². The van der Waals surface area contributed by atoms with E-state index in [1.165, 1.54) is 12.3 Å². The standard InChI is InChI=1S/C13H17BrFN5/c1-3-10-13(14)12(20(2)19-10)5-11(18-16)8-4-9(15)7-17-6-8/h4,6-7,11,18H,3,5,16H2,1-2H3. The number of nitrogens with one attached hydrogen (secondary N) is 1. The molecule has 108 valence electrons. The van der Waals surface area contributed by atoms with Gasteiger partial charge in [-0.1, -0.05) is 6.92 Å². The molecule has 0 amide bonds. The Kier molecular flexibility index (Phi) is 4.85. The highest BCUT2D eigenvalue weighted by molar-refractivity contribution is 9.10. The quantitative estimate of drug-likeness (QED) is 0.644. The van der Waals surface area contributed by atoms with Gasteiger partial charge in [0.1, 0.15) is 5.82 Å². The van der Waals surface area contributed by atoms with E-state index in [1.54, 1.807) is 6.20 Å². The van der Waals surface area contributed by atoms with Gasteiger partial charge in [0.2, 0.25) is 0 Å². The van der Waals surface area contributed by atoms with E-state index in [0.29, 0.717) is 12.0 Å². The molecule has 2 heterocycles. The summed E-state index contributed by atoms with van der Waals surface area (Å²) in [4.78, 5) is 3.86. The third-order valence-corrected chi connectivity index (χ3v) is 4.15. The molecule has 0 saturated carbocycles. The van der Waals surface area contributed by atoms with E-state index >= 15 is 0 Å². The Balaban J connectivity index is 2.29. The van der Waals surface area contributed by atoms with Crippen molar-refractivity contribution >= 4 is 15.9 Å². The number of nitrogens with two attached hydrogens (primary N) is 1. The summed E-state index contributed by atoms with van der Waals surface area (Å²) in [6, 6.07) is 1.21. The van der Waals surface area contributed by atoms with Crippen molar-refractivity contribution < 1.29 is 4.39 Å². The lowest BCUT2D eigenvalue weighted by atomic mass is 10.0. The van der Waals surface area contributed by atoms with Crippen LogP contribution in [0.4, 0.5) is 4.39 Å². The molecule has 0 radical (unpaired) electrons. The molecule has 20 heavy (non-hydrogen) atoms. The zero-order valence-corrected chi connectivity index (χ0v) is 13.0. The molecule has 3 N–H and O–H groups in total. The molecule has 0 aliphatic rings. The Bertz CT molecular complexity index is 598. The van der Waals surface area contributed by atoms with Gasteiger partial charge in [-0.3, -0.25) is 20.9 Å². The smallest absolute Gasteiger partial charge is 0.141 e. The minimum Gasteiger partial charge on any atom is -0.271 e. The Morgan fingerprint density at radius 2 is 2.25 bits per heavy atom. The Labute approximate surface area is 125 Å². The van der Waals surface area contributed by atoms with Gasteiger partial charge in [-0.05, 0) is 34.0 Å². The molecule has 0 bridgehead atoms. The number of hydrazine groups is 1. The van der Waals surface area contributed by atoms with E-state index in [4.69, 9.17) is 5.84 Å². The number of aryl methyl sites for hydroxylation is 2. The van der Waals surface area contributed by atoms with Crippen molar-refractivity contribution in [2.24, 2.45) is 12.9 Å². The SMILES string of the molecule is CCc1nn(C)c(CC(NN)c2cncc(F)c2)c1Br. The summed E-state index contributed by atoms with van der Waals surface area (Å²) in [6.45, 7) is 2.05. The van der Waals surface area contributed by atoms with E-state index in [9.17, 15) is 4.39 Å². The third kappa shape index (κ3) is 3.05. The number of rotatable bonds is 5. The summed E-state index contributed by atoms with van der Waals surface area (Å²) in [5.74, 6) is 5.22. The lowest BCUT2D eigenvalue weighted by molar-refractivity contribution is 0.521. The van der Waals surface area contributed by atoms with Crippen LogP contribution in [0.15, 0.2) is 22.9 Å². The average Bonchev–Trinajstić information content (AvgIpc) is 2.71. The second kappa shape index (κ2) is 6.43. The monoisotopic (exact) mass is 341 g/mol. The highest BCUT2D eigenvalue weighted by Gasteiger charge is 2.18. The predicted molar refractivity (Wildman–Crippen MR) is 78.2 cm³/mol. The summed E-state index contributed by atoms with van der Waals surface area (Å²) in [6.07, 6.45) is 4.22. The number of nitrogens with zero attached hydrogens (tertiary/aromatic N) is 3. The minimum absolute atomic E-state index is 0.227. The van der Waals surface area contributed by atoms with Gasteiger partial charge in [-0.25, -0.2) is 4.39 Å². The molecule has 5 nitrogen and oxygen atoms in total. The molecule has 1 atom stereocenters. The fraction of sp³-hybridized carbons (Fsp3) is 0.385. The lowest BCUT2D eigenvalue weighted by Gasteiger charge is -2.16. The average molecular weight is 342 g/mol. The first-order valence-corrected chi connectivity index (χ1v) is 7.12. The van der Waals surface area contributed by atoms with Crippen LogP contribution >= 0.6 is 15.9 Å². The van der Waals surface area contributed by atoms with Gasteiger partial charge in [0.15, 0.2) is 0 Å². The van der Waals surface area contributed by atoms with Crippen molar-refractivity contribution in [3.8, 4) is 0 Å². The molecule has 0 aliphatic carbocycles. The van der Waals surface area contributed by atoms with Gasteiger partial charge < -0.3 is 0 Å². The zero-order chi connectivity index (χ0) is 14.7. The first kappa shape index (κ1) is 15.1. The van der Waals surface area contributed by atoms with Crippen LogP contribution in [0.3, 0.4) is 0 Å². The van der Waals surface area contributed by atoms with Crippen molar-refractivity contribution in [2.45, 2.75) is 25.8 Å². The molecule has 0 fully saturated rings. The Morgan fingerprint density at radius 3 is 2.80 bits per heavy atom. The zero-order valence-electron chi connectivity index (χ0n) is 11.4. The molecule has 0 spiro atoms. The normalized spacial score (nSPS) is 12.7. The molecule has 0 saturated heterocycles. The Hall–Kier alpha value is -1.31. The van der Waals surface area contributed by atoms with Crippen LogP contribution in [0.1, 0.15) is 29.9 Å². The number of hydrogen-bond acceptors (Lipinski definition) is 4. The number of aromatic nitrogens is 3. The van der Waals surface area contributed by atoms with Gasteiger partial charge >= 0.3 is 0 Å². The largest absolute Gasteiger partial charge is 0.271 e. The fourth-order valence-corrected chi connectivity index (χ4v) is 2.90. The van der Waals surface area contributed by atoms with Gasteiger partial charge in [-0.2, -0.15) is 5.10 Å². The maximum absolute atomic E-state index is 13.3. The summed E-state index contributed by atoms with van der Waals surface area (Å²) in [7, 11) is 1.89. The molecule has 7 heteroatoms. The van der Waals surface area contributed by atoms with Crippen molar-refractivity contribution in [1.82, 2.24) is 20.2 Å². The van der Waals surface area contributed by atoms with Crippen LogP contribution in [-0.4, -0.2) is 14.8 Å². The van der Waals surface area contributed by atoms with Gasteiger partial charge in [0, 0.05) is 19.7 Å². The first-order valence-electron chi connectivity index (χ1n) is 6.33. The van der Waals surface area contributed by atoms with Crippen molar-refractivity contribution in [3.05, 3.63) is 45.7 Å². The van der Waals surface area contributed by atoms with Crippen LogP contribution in [0, 0.1) is 5.82 Å². The number of halogens is 2. The lowest BCUT2D eigenvalue weighted by Crippen LogP contribution is -2.30. The van der Waals surface area contributed by atoms with E-state index in [1.807, 2.05) is 18.7 Å². The molecular formula is C13H17BrFN5. The van der Waals surface area contributed by atoms with Gasteiger partial charge in [0.25, 0.3) is 0 Å². The highest BCUT2D eigenvalue weighted by Crippen LogP contribution is 2.26. The molecule has 2 aromatic heterocycles. The van der Waals surface area contributed by atoms with E-state index in [-0.39, 0.29) is 11.9 Å². The predicted octanol–water partition coefficient (Wildman–Crippen LogP) is 2.03. The molecule has 1 unspecified atom stereocenters. The summed E-state index contributed by atoms with van der Waals surface area (Å²) < 4.78 is 16.1. The Morgan fingerprint density at radius 1 is 1.50 bits per heavy atom. The molecular weight excluding hydrogens is 325 g/mol. The molecule has 0 aromatic carbocycles. The summed E-state index contributed by atoms with van der Waals surface area (Å²) >= 11 is 3.57. The molecule has 2 rings (SSSR count). The van der Waals surface area contributed by atoms with Crippen LogP contribution in [0.25, 0.3) is 0 Å². The maximum Gasteiger partial charge on any atom is 0.141 e. The second-order valence-electron chi connectivity index (χ2n) is 4.54. The van der Waals surface area contributed by atoms with Crippen molar-refractivity contribution in [2.75, 3.05) is 0 Å². The van der Waals surface area contributed by atoms with Crippen LogP contribution < -0.4 is 11.3 Å². The summed E-state index contributed by atoms with van der Waals surface area (Å²) in [5, 5.41) is 4.44. The maximum atomic E-state index is 13.3. The van der Waals surface area contributed by atoms with E-state index in [2.05, 4.69) is 31.4 Å². The van der Waals surface area contributed by atoms with E-state index < -0.39 is 0 Å². The molecule has 2 aromatic rings. The fourth-order valence-electron chi connectivity index (χ4n) is 2.13. The van der Waals surface area contributed by atoms with Gasteiger partial charge in [-0.15, -0.1) is 0 Å². The van der Waals surface area contributed by atoms with Crippen LogP contribution in [-0.2, 0) is 19.9 Å². The van der Waals surface area contributed by atoms with Gasteiger partial charge in [0.05, 0.1) is 28.1 Å². The van der Waals surface area contributed by atoms with Crippen molar-refractivity contribution in [1.29, 1.82) is 0 Å². The van der Waals surface area contributed by atoms with E-state index in [0.717, 1.165) is 22.3 Å². The molecule has 0 aliphatic heterocycles. The summed E-state index contributed by atoms with van der Waals surface area (Å²) in [5.41, 5.74) is 5.42. The minimum atomic E-state index is -0.374. The number of hydrogen-bond donors (Lipinski definition) is 2. The van der Waals surface area contributed by atoms with Crippen LogP contribution in [0.5, 0.6) is 0 Å². The van der Waals surface area contributed by atoms with Crippen molar-refractivity contribution in [3.63, 3.8) is 0 Å². The van der Waals surface area contributed by atoms with Crippen LogP contribution in [0.2, 0.25) is 0 Å². The first-order chi connectivity index (χ1) is 9.56. The second-order valence-corrected chi connectivity index (χ2v) is 5.34. The highest BCUT2D eigenvalue weighted by atomic mass is 79.9. The third-order valence-electron chi connectivity index (χ3n) is 3.23. The number of pyridine rings is 1.